The van der Waals surface area contributed by atoms with Crippen LogP contribution in [0.5, 0.6) is 0 Å². The first-order valence-corrected chi connectivity index (χ1v) is 25.8. The zero-order chi connectivity index (χ0) is 48.3. The van der Waals surface area contributed by atoms with Crippen molar-refractivity contribution >= 4 is 61.8 Å². The quantitative estimate of drug-likeness (QED) is 0.143. The molecule has 1 saturated carbocycles. The van der Waals surface area contributed by atoms with Gasteiger partial charge in [-0.2, -0.15) is 13.2 Å². The molecule has 70 heavy (non-hydrogen) atoms. The highest BCUT2D eigenvalue weighted by Crippen LogP contribution is 2.50. The van der Waals surface area contributed by atoms with Gasteiger partial charge in [0.15, 0.2) is 0 Å². The molecule has 12 rings (SSSR count). The summed E-state index contributed by atoms with van der Waals surface area (Å²) in [6.07, 6.45) is -1.12. The maximum Gasteiger partial charge on any atom is 0.416 e. The van der Waals surface area contributed by atoms with E-state index in [-0.39, 0.29) is 17.2 Å². The summed E-state index contributed by atoms with van der Waals surface area (Å²) in [7, 11) is 0. The first-order valence-electron chi connectivity index (χ1n) is 23.8. The number of hydrogen-bond acceptors (Lipinski definition) is 7. The van der Waals surface area contributed by atoms with Gasteiger partial charge in [-0.1, -0.05) is 103 Å². The molecule has 2 aromatic heterocycles. The zero-order valence-electron chi connectivity index (χ0n) is 38.5. The number of pyridine rings is 2. The Kier molecular flexibility index (Phi) is 12.5. The average molecular weight is 978 g/mol. The maximum absolute atomic E-state index is 13.9. The molecule has 5 heterocycles. The number of morpholine rings is 1. The Morgan fingerprint density at radius 1 is 0.686 bits per heavy atom. The van der Waals surface area contributed by atoms with Crippen LogP contribution in [0.25, 0.3) is 43.4 Å². The summed E-state index contributed by atoms with van der Waals surface area (Å²) in [6, 6.07) is 39.4. The summed E-state index contributed by atoms with van der Waals surface area (Å²) in [5, 5.41) is 18.2. The van der Waals surface area contributed by atoms with E-state index in [0.29, 0.717) is 61.2 Å². The highest BCUT2D eigenvalue weighted by molar-refractivity contribution is 7.99. The van der Waals surface area contributed by atoms with Crippen molar-refractivity contribution < 1.29 is 27.8 Å². The summed E-state index contributed by atoms with van der Waals surface area (Å²) in [5.74, 6) is 0.616. The first kappa shape index (κ1) is 46.3. The molecule has 2 atom stereocenters. The van der Waals surface area contributed by atoms with Crippen molar-refractivity contribution in [2.24, 2.45) is 0 Å². The topological polar surface area (TPSA) is 93.8 Å². The van der Waals surface area contributed by atoms with Crippen LogP contribution in [0.15, 0.2) is 147 Å². The summed E-state index contributed by atoms with van der Waals surface area (Å²) in [6.45, 7) is 5.40. The van der Waals surface area contributed by atoms with Crippen LogP contribution >= 0.6 is 23.5 Å². The van der Waals surface area contributed by atoms with Crippen molar-refractivity contribution in [2.75, 3.05) is 37.8 Å². The number of fused-ring (bicyclic) bond motifs is 5. The number of thioether (sulfide) groups is 2. The SMILES string of the molecule is C[C@@H]1CSc2c(-c3cccc(C(F)(F)F)c3)c(Cc3c4ccccc4cc4ccccc34)cc(=O)n21.O=C(O)[C@@H]1CSc2c(C3CC3)c(Cc3cccc4ccccc34)c(CN3CCOCC3)c(=O)n21. The average Bonchev–Trinajstić information content (AvgIpc) is 3.98. The Morgan fingerprint density at radius 3 is 2.00 bits per heavy atom. The highest BCUT2D eigenvalue weighted by Gasteiger charge is 2.40. The summed E-state index contributed by atoms with van der Waals surface area (Å²) in [5.41, 5.74) is 6.41. The lowest BCUT2D eigenvalue weighted by atomic mass is 9.89. The van der Waals surface area contributed by atoms with Crippen LogP contribution < -0.4 is 11.1 Å². The molecule has 0 amide bonds. The number of carboxylic acid groups (broad SMARTS) is 1. The molecule has 2 fully saturated rings. The number of rotatable bonds is 9. The Hall–Kier alpha value is -6.12. The fourth-order valence-electron chi connectivity index (χ4n) is 10.7. The summed E-state index contributed by atoms with van der Waals surface area (Å²) < 4.78 is 49.7. The van der Waals surface area contributed by atoms with Crippen LogP contribution in [0.4, 0.5) is 13.2 Å². The van der Waals surface area contributed by atoms with Gasteiger partial charge in [-0.15, -0.1) is 23.5 Å². The number of benzene rings is 6. The van der Waals surface area contributed by atoms with E-state index in [1.807, 2.05) is 31.2 Å². The van der Waals surface area contributed by atoms with E-state index in [4.69, 9.17) is 4.74 Å². The Balaban J connectivity index is 0.000000153. The Morgan fingerprint density at radius 2 is 1.31 bits per heavy atom. The molecule has 1 N–H and O–H groups in total. The molecule has 6 aromatic carbocycles. The highest BCUT2D eigenvalue weighted by atomic mass is 32.2. The van der Waals surface area contributed by atoms with E-state index >= 15 is 0 Å². The van der Waals surface area contributed by atoms with E-state index in [9.17, 15) is 32.7 Å². The largest absolute Gasteiger partial charge is 0.480 e. The van der Waals surface area contributed by atoms with Crippen LogP contribution in [0.3, 0.4) is 0 Å². The molecule has 1 aliphatic carbocycles. The second-order valence-corrected chi connectivity index (χ2v) is 20.8. The summed E-state index contributed by atoms with van der Waals surface area (Å²) >= 11 is 3.08. The van der Waals surface area contributed by atoms with Gasteiger partial charge in [-0.3, -0.25) is 23.6 Å². The van der Waals surface area contributed by atoms with Crippen molar-refractivity contribution in [1.29, 1.82) is 0 Å². The van der Waals surface area contributed by atoms with E-state index in [1.165, 1.54) is 45.8 Å². The normalized spacial score (nSPS) is 17.9. The van der Waals surface area contributed by atoms with Crippen LogP contribution in [-0.2, 0) is 35.1 Å². The van der Waals surface area contributed by atoms with E-state index in [0.717, 1.165) is 85.8 Å². The van der Waals surface area contributed by atoms with Crippen LogP contribution in [0, 0.1) is 0 Å². The first-order chi connectivity index (χ1) is 33.9. The van der Waals surface area contributed by atoms with E-state index in [2.05, 4.69) is 77.7 Å². The minimum Gasteiger partial charge on any atom is -0.480 e. The second kappa shape index (κ2) is 18.9. The van der Waals surface area contributed by atoms with Crippen molar-refractivity contribution in [3.8, 4) is 11.1 Å². The molecular formula is C57H50F3N3O5S2. The lowest BCUT2D eigenvalue weighted by Gasteiger charge is -2.29. The minimum atomic E-state index is -4.45. The molecule has 0 radical (unpaired) electrons. The van der Waals surface area contributed by atoms with Gasteiger partial charge in [0.2, 0.25) is 0 Å². The predicted molar refractivity (Wildman–Crippen MR) is 274 cm³/mol. The second-order valence-electron chi connectivity index (χ2n) is 18.8. The fourth-order valence-corrected chi connectivity index (χ4v) is 13.4. The van der Waals surface area contributed by atoms with Gasteiger partial charge < -0.3 is 9.84 Å². The molecule has 3 aliphatic heterocycles. The van der Waals surface area contributed by atoms with Crippen molar-refractivity contribution in [1.82, 2.24) is 14.0 Å². The molecule has 0 bridgehead atoms. The number of aliphatic carboxylic acids is 1. The van der Waals surface area contributed by atoms with Crippen LogP contribution in [-0.4, -0.2) is 62.9 Å². The molecule has 13 heteroatoms. The fraction of sp³-hybridized carbons (Fsp3) is 0.281. The molecule has 356 valence electrons. The Labute approximate surface area is 411 Å². The number of halogens is 3. The van der Waals surface area contributed by atoms with Gasteiger partial charge >= 0.3 is 12.1 Å². The minimum absolute atomic E-state index is 0.0190. The van der Waals surface area contributed by atoms with Gasteiger partial charge in [0.1, 0.15) is 6.04 Å². The van der Waals surface area contributed by atoms with Crippen molar-refractivity contribution in [3.63, 3.8) is 0 Å². The molecule has 8 aromatic rings. The Bertz CT molecular complexity index is 3430. The van der Waals surface area contributed by atoms with Crippen molar-refractivity contribution in [3.05, 3.63) is 187 Å². The molecule has 0 spiro atoms. The number of hydrogen-bond donors (Lipinski definition) is 1. The maximum atomic E-state index is 13.9. The third-order valence-corrected chi connectivity index (χ3v) is 16.7. The summed E-state index contributed by atoms with van der Waals surface area (Å²) in [4.78, 5) is 41.5. The third-order valence-electron chi connectivity index (χ3n) is 14.2. The van der Waals surface area contributed by atoms with Gasteiger partial charge in [-0.05, 0) is 122 Å². The number of nitrogens with zero attached hydrogens (tertiary/aromatic N) is 3. The van der Waals surface area contributed by atoms with Gasteiger partial charge in [0, 0.05) is 54.4 Å². The number of ether oxygens (including phenoxy) is 1. The molecule has 1 saturated heterocycles. The van der Waals surface area contributed by atoms with Gasteiger partial charge in [0.05, 0.1) is 28.8 Å². The third kappa shape index (κ3) is 8.75. The smallest absolute Gasteiger partial charge is 0.416 e. The van der Waals surface area contributed by atoms with Crippen LogP contribution in [0.2, 0.25) is 0 Å². The number of carboxylic acids is 1. The van der Waals surface area contributed by atoms with Crippen molar-refractivity contribution in [2.45, 2.75) is 73.4 Å². The van der Waals surface area contributed by atoms with E-state index < -0.39 is 23.8 Å². The lowest BCUT2D eigenvalue weighted by Crippen LogP contribution is -2.40. The zero-order valence-corrected chi connectivity index (χ0v) is 40.1. The molecular weight excluding hydrogens is 928 g/mol. The van der Waals surface area contributed by atoms with E-state index in [1.54, 1.807) is 33.0 Å². The monoisotopic (exact) mass is 977 g/mol. The lowest BCUT2D eigenvalue weighted by molar-refractivity contribution is -0.140. The van der Waals surface area contributed by atoms with Gasteiger partial charge in [0.25, 0.3) is 11.1 Å². The standard InChI is InChI=1S/C30H22F3NOS.C27H28N2O4S/c1-18-17-36-29-28(21-9-6-10-23(14-21)30(31,32)33)22(16-27(35)34(18)29)15-26-24-11-4-2-7-19(24)13-20-8-3-5-12-25(20)26;30-25-22(15-28-10-12-33-13-11-28)21(14-19-6-3-5-17-4-1-2-7-20(17)19)24(18-8-9-18)26-29(25)23(16-34-26)27(31)32/h2-14,16,18H,15,17H2,1H3;1-7,18,23H,8-16H2,(H,31,32)/t18-;23-/m10/s1. The van der Waals surface area contributed by atoms with Gasteiger partial charge in [-0.25, -0.2) is 4.79 Å². The van der Waals surface area contributed by atoms with Crippen LogP contribution in [0.1, 0.15) is 76.7 Å². The molecule has 0 unspecified atom stereocenters. The number of aromatic nitrogens is 2. The number of alkyl halides is 3. The predicted octanol–water partition coefficient (Wildman–Crippen LogP) is 12.1. The molecule has 4 aliphatic rings. The number of carbonyl (C=O) groups is 1. The molecule has 8 nitrogen and oxygen atoms in total.